The molecular formula is C15H32N4O. The van der Waals surface area contributed by atoms with Crippen molar-refractivity contribution in [2.75, 3.05) is 40.4 Å². The fourth-order valence-electron chi connectivity index (χ4n) is 2.63. The Bertz CT molecular complexity index is 298. The smallest absolute Gasteiger partial charge is 0.191 e. The first-order chi connectivity index (χ1) is 9.49. The average Bonchev–Trinajstić information content (AvgIpc) is 2.44. The van der Waals surface area contributed by atoms with Gasteiger partial charge in [0, 0.05) is 32.3 Å². The molecule has 5 heteroatoms. The Morgan fingerprint density at radius 2 is 1.95 bits per heavy atom. The van der Waals surface area contributed by atoms with Crippen molar-refractivity contribution in [3.63, 3.8) is 0 Å². The van der Waals surface area contributed by atoms with E-state index < -0.39 is 0 Å². The molecule has 0 spiro atoms. The van der Waals surface area contributed by atoms with E-state index >= 15 is 0 Å². The van der Waals surface area contributed by atoms with Gasteiger partial charge in [0.05, 0.1) is 6.61 Å². The lowest BCUT2D eigenvalue weighted by Crippen LogP contribution is -2.55. The highest BCUT2D eigenvalue weighted by Crippen LogP contribution is 2.19. The summed E-state index contributed by atoms with van der Waals surface area (Å²) < 4.78 is 5.14. The summed E-state index contributed by atoms with van der Waals surface area (Å²) in [5, 5.41) is 6.78. The van der Waals surface area contributed by atoms with Crippen LogP contribution in [-0.2, 0) is 4.74 Å². The Balaban J connectivity index is 2.42. The van der Waals surface area contributed by atoms with Gasteiger partial charge in [0.1, 0.15) is 0 Å². The zero-order valence-electron chi connectivity index (χ0n) is 13.8. The lowest BCUT2D eigenvalue weighted by molar-refractivity contribution is 0.0981. The summed E-state index contributed by atoms with van der Waals surface area (Å²) in [4.78, 5) is 6.86. The highest BCUT2D eigenvalue weighted by atomic mass is 16.5. The maximum atomic E-state index is 5.14. The Kier molecular flexibility index (Phi) is 7.30. The van der Waals surface area contributed by atoms with Gasteiger partial charge in [-0.1, -0.05) is 6.42 Å². The third-order valence-electron chi connectivity index (χ3n) is 3.92. The predicted octanol–water partition coefficient (Wildman–Crippen LogP) is 1.45. The molecule has 2 N–H and O–H groups in total. The number of likely N-dealkylation sites (tertiary alicyclic amines) is 1. The highest BCUT2D eigenvalue weighted by Gasteiger charge is 2.27. The van der Waals surface area contributed by atoms with Crippen LogP contribution in [-0.4, -0.2) is 62.8 Å². The number of nitrogens with one attached hydrogen (secondary N) is 2. The van der Waals surface area contributed by atoms with Crippen molar-refractivity contribution in [1.82, 2.24) is 15.5 Å². The number of guanidine groups is 1. The van der Waals surface area contributed by atoms with Gasteiger partial charge in [-0.15, -0.1) is 0 Å². The van der Waals surface area contributed by atoms with Crippen LogP contribution < -0.4 is 10.6 Å². The van der Waals surface area contributed by atoms with Crippen LogP contribution in [0.15, 0.2) is 4.99 Å². The fourth-order valence-corrected chi connectivity index (χ4v) is 2.63. The van der Waals surface area contributed by atoms with E-state index in [-0.39, 0.29) is 11.6 Å². The molecule has 5 nitrogen and oxygen atoms in total. The first-order valence-electron chi connectivity index (χ1n) is 7.71. The topological polar surface area (TPSA) is 48.9 Å². The van der Waals surface area contributed by atoms with Crippen molar-refractivity contribution in [1.29, 1.82) is 0 Å². The van der Waals surface area contributed by atoms with E-state index in [0.29, 0.717) is 6.61 Å². The zero-order valence-corrected chi connectivity index (χ0v) is 13.8. The van der Waals surface area contributed by atoms with Gasteiger partial charge >= 0.3 is 0 Å². The molecule has 1 aliphatic rings. The third kappa shape index (κ3) is 5.67. The molecule has 1 aliphatic heterocycles. The molecule has 0 radical (unpaired) electrons. The summed E-state index contributed by atoms with van der Waals surface area (Å²) in [6.07, 6.45) is 4.01. The summed E-state index contributed by atoms with van der Waals surface area (Å²) in [5.41, 5.74) is 0.155. The molecule has 0 amide bonds. The van der Waals surface area contributed by atoms with E-state index in [0.717, 1.165) is 12.5 Å². The quantitative estimate of drug-likeness (QED) is 0.572. The molecule has 0 aliphatic carbocycles. The van der Waals surface area contributed by atoms with Crippen molar-refractivity contribution in [3.05, 3.63) is 0 Å². The molecule has 1 saturated heterocycles. The number of piperidine rings is 1. The number of rotatable bonds is 6. The van der Waals surface area contributed by atoms with Crippen molar-refractivity contribution in [2.24, 2.45) is 4.99 Å². The molecule has 0 aromatic heterocycles. The van der Waals surface area contributed by atoms with E-state index in [4.69, 9.17) is 4.74 Å². The Hall–Kier alpha value is -0.810. The summed E-state index contributed by atoms with van der Waals surface area (Å²) in [7, 11) is 3.52. The van der Waals surface area contributed by atoms with Gasteiger partial charge in [0.2, 0.25) is 0 Å². The van der Waals surface area contributed by atoms with Gasteiger partial charge in [-0.3, -0.25) is 9.89 Å². The highest BCUT2D eigenvalue weighted by molar-refractivity contribution is 5.80. The fraction of sp³-hybridized carbons (Fsp3) is 0.933. The van der Waals surface area contributed by atoms with Crippen molar-refractivity contribution < 1.29 is 4.74 Å². The Morgan fingerprint density at radius 1 is 1.30 bits per heavy atom. The summed E-state index contributed by atoms with van der Waals surface area (Å²) in [5.74, 6) is 0.847. The van der Waals surface area contributed by atoms with Crippen molar-refractivity contribution >= 4 is 5.96 Å². The Morgan fingerprint density at radius 3 is 2.50 bits per heavy atom. The zero-order chi connectivity index (χ0) is 15.0. The van der Waals surface area contributed by atoms with Crippen LogP contribution >= 0.6 is 0 Å². The maximum absolute atomic E-state index is 5.14. The van der Waals surface area contributed by atoms with E-state index in [9.17, 15) is 0 Å². The maximum Gasteiger partial charge on any atom is 0.191 e. The molecule has 20 heavy (non-hydrogen) atoms. The second-order valence-corrected chi connectivity index (χ2v) is 6.29. The largest absolute Gasteiger partial charge is 0.383 e. The van der Waals surface area contributed by atoms with E-state index in [2.05, 4.69) is 41.3 Å². The van der Waals surface area contributed by atoms with Crippen LogP contribution in [0.5, 0.6) is 0 Å². The summed E-state index contributed by atoms with van der Waals surface area (Å²) in [6, 6.07) is 0.254. The molecule has 1 heterocycles. The minimum Gasteiger partial charge on any atom is -0.383 e. The SMILES string of the molecule is CN=C(NCC(C)(C)N1CCCCC1)NC(C)COC. The molecule has 1 fully saturated rings. The normalized spacial score (nSPS) is 19.8. The molecular weight excluding hydrogens is 252 g/mol. The number of aliphatic imine (C=N–C) groups is 1. The summed E-state index contributed by atoms with van der Waals surface area (Å²) >= 11 is 0. The Labute approximate surface area is 124 Å². The number of nitrogens with zero attached hydrogens (tertiary/aromatic N) is 2. The number of hydrogen-bond acceptors (Lipinski definition) is 3. The number of ether oxygens (including phenoxy) is 1. The van der Waals surface area contributed by atoms with Gasteiger partial charge in [-0.05, 0) is 46.7 Å². The van der Waals surface area contributed by atoms with Gasteiger partial charge in [0.25, 0.3) is 0 Å². The first kappa shape index (κ1) is 17.2. The minimum absolute atomic E-state index is 0.155. The lowest BCUT2D eigenvalue weighted by atomic mass is 9.98. The van der Waals surface area contributed by atoms with Gasteiger partial charge in [-0.2, -0.15) is 0 Å². The van der Waals surface area contributed by atoms with E-state index in [1.165, 1.54) is 32.4 Å². The molecule has 118 valence electrons. The summed E-state index contributed by atoms with van der Waals surface area (Å²) in [6.45, 7) is 10.7. The van der Waals surface area contributed by atoms with Crippen molar-refractivity contribution in [2.45, 2.75) is 51.6 Å². The first-order valence-corrected chi connectivity index (χ1v) is 7.71. The molecule has 0 aromatic carbocycles. The van der Waals surface area contributed by atoms with Crippen LogP contribution in [0.1, 0.15) is 40.0 Å². The molecule has 1 unspecified atom stereocenters. The van der Waals surface area contributed by atoms with Crippen LogP contribution in [0, 0.1) is 0 Å². The third-order valence-corrected chi connectivity index (χ3v) is 3.92. The van der Waals surface area contributed by atoms with Crippen molar-refractivity contribution in [3.8, 4) is 0 Å². The molecule has 0 saturated carbocycles. The van der Waals surface area contributed by atoms with Crippen LogP contribution in [0.25, 0.3) is 0 Å². The number of hydrogen-bond donors (Lipinski definition) is 2. The van der Waals surface area contributed by atoms with Gasteiger partial charge in [-0.25, -0.2) is 0 Å². The molecule has 0 aromatic rings. The monoisotopic (exact) mass is 284 g/mol. The molecule has 0 bridgehead atoms. The average molecular weight is 284 g/mol. The number of methoxy groups -OCH3 is 1. The molecule has 1 atom stereocenters. The van der Waals surface area contributed by atoms with Gasteiger partial charge < -0.3 is 15.4 Å². The second kappa shape index (κ2) is 8.47. The lowest BCUT2D eigenvalue weighted by Gasteiger charge is -2.41. The standard InChI is InChI=1S/C15H32N4O/c1-13(11-20-5)18-14(16-4)17-12-15(2,3)19-9-7-6-8-10-19/h13H,6-12H2,1-5H3,(H2,16,17,18). The van der Waals surface area contributed by atoms with E-state index in [1.54, 1.807) is 7.11 Å². The van der Waals surface area contributed by atoms with Gasteiger partial charge in [0.15, 0.2) is 5.96 Å². The van der Waals surface area contributed by atoms with Crippen LogP contribution in [0.2, 0.25) is 0 Å². The minimum atomic E-state index is 0.155. The van der Waals surface area contributed by atoms with E-state index in [1.807, 2.05) is 7.05 Å². The predicted molar refractivity (Wildman–Crippen MR) is 85.3 cm³/mol. The van der Waals surface area contributed by atoms with Crippen LogP contribution in [0.4, 0.5) is 0 Å². The second-order valence-electron chi connectivity index (χ2n) is 6.29. The van der Waals surface area contributed by atoms with Crippen LogP contribution in [0.3, 0.4) is 0 Å². The molecule has 1 rings (SSSR count).